The molecule has 1 atom stereocenters. The number of carboxylic acids is 1. The summed E-state index contributed by atoms with van der Waals surface area (Å²) in [6.45, 7) is 0. The van der Waals surface area contributed by atoms with Crippen molar-refractivity contribution >= 4 is 17.3 Å². The molecule has 0 amide bonds. The fourth-order valence-electron chi connectivity index (χ4n) is 4.77. The van der Waals surface area contributed by atoms with Gasteiger partial charge in [-0.05, 0) is 43.0 Å². The van der Waals surface area contributed by atoms with Crippen LogP contribution < -0.4 is 0 Å². The fourth-order valence-corrected chi connectivity index (χ4v) is 5.70. The van der Waals surface area contributed by atoms with Gasteiger partial charge in [0.1, 0.15) is 0 Å². The summed E-state index contributed by atoms with van der Waals surface area (Å²) in [5, 5.41) is 23.1. The average molecular weight is 308 g/mol. The van der Waals surface area contributed by atoms with E-state index >= 15 is 0 Å². The molecule has 0 aromatic carbocycles. The van der Waals surface area contributed by atoms with Gasteiger partial charge >= 0.3 is 5.97 Å². The number of hydrogen-bond donors (Lipinski definition) is 2. The molecule has 3 rings (SSSR count). The zero-order valence-electron chi connectivity index (χ0n) is 12.4. The second-order valence-corrected chi connectivity index (χ2v) is 7.64. The van der Waals surface area contributed by atoms with Crippen molar-refractivity contribution in [2.24, 2.45) is 11.3 Å². The zero-order chi connectivity index (χ0) is 14.9. The lowest BCUT2D eigenvalue weighted by Crippen LogP contribution is -2.54. The largest absolute Gasteiger partial charge is 0.479 e. The minimum atomic E-state index is -1.71. The summed E-state index contributed by atoms with van der Waals surface area (Å²) in [6.07, 6.45) is 9.50. The van der Waals surface area contributed by atoms with Gasteiger partial charge in [-0.3, -0.25) is 0 Å². The summed E-state index contributed by atoms with van der Waals surface area (Å²) < 4.78 is 0. The molecule has 1 aromatic rings. The number of hydrogen-bond acceptors (Lipinski definition) is 3. The van der Waals surface area contributed by atoms with Crippen molar-refractivity contribution in [3.8, 4) is 0 Å². The van der Waals surface area contributed by atoms with E-state index in [1.54, 1.807) is 6.07 Å². The third kappa shape index (κ3) is 2.23. The maximum atomic E-state index is 12.1. The Morgan fingerprint density at radius 2 is 1.86 bits per heavy atom. The second kappa shape index (κ2) is 5.73. The number of carboxylic acid groups (broad SMARTS) is 1. The molecule has 0 saturated heterocycles. The lowest BCUT2D eigenvalue weighted by atomic mass is 9.58. The first-order chi connectivity index (χ1) is 10.1. The van der Waals surface area contributed by atoms with Crippen LogP contribution in [-0.4, -0.2) is 16.2 Å². The highest BCUT2D eigenvalue weighted by Gasteiger charge is 2.61. The lowest BCUT2D eigenvalue weighted by Gasteiger charge is -2.48. The molecule has 116 valence electrons. The highest BCUT2D eigenvalue weighted by Crippen LogP contribution is 2.59. The van der Waals surface area contributed by atoms with Gasteiger partial charge in [-0.2, -0.15) is 0 Å². The Kier molecular flexibility index (Phi) is 4.10. The molecule has 4 heteroatoms. The quantitative estimate of drug-likeness (QED) is 0.878. The predicted molar refractivity (Wildman–Crippen MR) is 83.3 cm³/mol. The molecule has 2 N–H and O–H groups in total. The van der Waals surface area contributed by atoms with E-state index in [1.165, 1.54) is 30.6 Å². The van der Waals surface area contributed by atoms with E-state index in [1.807, 2.05) is 11.4 Å². The van der Waals surface area contributed by atoms with Gasteiger partial charge < -0.3 is 10.2 Å². The summed E-state index contributed by atoms with van der Waals surface area (Å²) in [6, 6.07) is 3.64. The monoisotopic (exact) mass is 308 g/mol. The van der Waals surface area contributed by atoms with Gasteiger partial charge in [0, 0.05) is 10.3 Å². The Morgan fingerprint density at radius 3 is 2.38 bits per heavy atom. The van der Waals surface area contributed by atoms with Crippen molar-refractivity contribution < 1.29 is 15.0 Å². The van der Waals surface area contributed by atoms with Crippen LogP contribution >= 0.6 is 11.3 Å². The van der Waals surface area contributed by atoms with Crippen LogP contribution in [0.4, 0.5) is 0 Å². The zero-order valence-corrected chi connectivity index (χ0v) is 13.2. The second-order valence-electron chi connectivity index (χ2n) is 6.69. The number of thiophene rings is 1. The lowest BCUT2D eigenvalue weighted by molar-refractivity contribution is -0.187. The standard InChI is InChI=1S/C17H24O3S/c18-15(19)17(20,14-9-6-12-21-14)16(10-4-5-11-16)13-7-2-1-3-8-13/h6,9,12-13,20H,1-5,7-8,10-11H2,(H,18,19). The summed E-state index contributed by atoms with van der Waals surface area (Å²) >= 11 is 1.38. The van der Waals surface area contributed by atoms with E-state index in [0.29, 0.717) is 10.8 Å². The SMILES string of the molecule is O=C(O)C(O)(c1cccs1)C1(C2CCCCC2)CCCC1. The molecule has 2 saturated carbocycles. The summed E-state index contributed by atoms with van der Waals surface area (Å²) in [4.78, 5) is 12.7. The van der Waals surface area contributed by atoms with Gasteiger partial charge in [-0.1, -0.05) is 38.2 Å². The topological polar surface area (TPSA) is 57.5 Å². The highest BCUT2D eigenvalue weighted by atomic mass is 32.1. The summed E-state index contributed by atoms with van der Waals surface area (Å²) in [5.74, 6) is -0.714. The molecular formula is C17H24O3S. The molecule has 2 fully saturated rings. The fraction of sp³-hybridized carbons (Fsp3) is 0.706. The Labute approximate surface area is 130 Å². The maximum absolute atomic E-state index is 12.1. The first-order valence-corrected chi connectivity index (χ1v) is 8.99. The van der Waals surface area contributed by atoms with Crippen LogP contribution in [0.3, 0.4) is 0 Å². The van der Waals surface area contributed by atoms with Crippen LogP contribution in [-0.2, 0) is 10.4 Å². The van der Waals surface area contributed by atoms with Gasteiger partial charge in [0.25, 0.3) is 0 Å². The molecule has 1 heterocycles. The van der Waals surface area contributed by atoms with Crippen LogP contribution in [0.1, 0.15) is 62.7 Å². The van der Waals surface area contributed by atoms with Crippen LogP contribution in [0.15, 0.2) is 17.5 Å². The minimum absolute atomic E-state index is 0.344. The molecule has 0 aliphatic heterocycles. The first kappa shape index (κ1) is 15.0. The molecule has 1 unspecified atom stereocenters. The molecular weight excluding hydrogens is 284 g/mol. The van der Waals surface area contributed by atoms with Crippen molar-refractivity contribution in [2.45, 2.75) is 63.4 Å². The maximum Gasteiger partial charge on any atom is 0.341 e. The van der Waals surface area contributed by atoms with E-state index in [0.717, 1.165) is 38.5 Å². The van der Waals surface area contributed by atoms with E-state index in [2.05, 4.69) is 0 Å². The van der Waals surface area contributed by atoms with Crippen LogP contribution in [0.25, 0.3) is 0 Å². The molecule has 3 nitrogen and oxygen atoms in total. The molecule has 1 aromatic heterocycles. The van der Waals surface area contributed by atoms with Crippen molar-refractivity contribution in [2.75, 3.05) is 0 Å². The Balaban J connectivity index is 2.07. The van der Waals surface area contributed by atoms with Crippen LogP contribution in [0.5, 0.6) is 0 Å². The van der Waals surface area contributed by atoms with Crippen LogP contribution in [0, 0.1) is 11.3 Å². The van der Waals surface area contributed by atoms with Gasteiger partial charge in [0.2, 0.25) is 5.60 Å². The van der Waals surface area contributed by atoms with Crippen molar-refractivity contribution in [3.05, 3.63) is 22.4 Å². The molecule has 0 spiro atoms. The number of rotatable bonds is 4. The predicted octanol–water partition coefficient (Wildman–Crippen LogP) is 4.16. The number of carbonyl (C=O) groups is 1. The molecule has 21 heavy (non-hydrogen) atoms. The van der Waals surface area contributed by atoms with E-state index < -0.39 is 17.0 Å². The third-order valence-corrected chi connectivity index (χ3v) is 6.77. The van der Waals surface area contributed by atoms with Crippen molar-refractivity contribution in [3.63, 3.8) is 0 Å². The Bertz CT molecular complexity index is 484. The van der Waals surface area contributed by atoms with Crippen molar-refractivity contribution in [1.82, 2.24) is 0 Å². The van der Waals surface area contributed by atoms with Crippen LogP contribution in [0.2, 0.25) is 0 Å². The third-order valence-electron chi connectivity index (χ3n) is 5.79. The van der Waals surface area contributed by atoms with E-state index in [9.17, 15) is 15.0 Å². The molecule has 2 aliphatic rings. The normalized spacial score (nSPS) is 25.6. The van der Waals surface area contributed by atoms with Crippen molar-refractivity contribution in [1.29, 1.82) is 0 Å². The molecule has 0 radical (unpaired) electrons. The summed E-state index contributed by atoms with van der Waals surface area (Å²) in [5.41, 5.74) is -2.18. The molecule has 2 aliphatic carbocycles. The average Bonchev–Trinajstić information content (AvgIpc) is 3.19. The molecule has 0 bridgehead atoms. The van der Waals surface area contributed by atoms with E-state index in [4.69, 9.17) is 0 Å². The first-order valence-electron chi connectivity index (χ1n) is 8.11. The summed E-state index contributed by atoms with van der Waals surface area (Å²) in [7, 11) is 0. The van der Waals surface area contributed by atoms with E-state index in [-0.39, 0.29) is 0 Å². The minimum Gasteiger partial charge on any atom is -0.479 e. The van der Waals surface area contributed by atoms with Gasteiger partial charge in [0.15, 0.2) is 0 Å². The Hall–Kier alpha value is -0.870. The Morgan fingerprint density at radius 1 is 1.19 bits per heavy atom. The smallest absolute Gasteiger partial charge is 0.341 e. The number of aliphatic hydroxyl groups is 1. The van der Waals surface area contributed by atoms with Gasteiger partial charge in [-0.15, -0.1) is 11.3 Å². The van der Waals surface area contributed by atoms with Gasteiger partial charge in [-0.25, -0.2) is 4.79 Å². The highest BCUT2D eigenvalue weighted by molar-refractivity contribution is 7.10. The number of aliphatic carboxylic acids is 1. The van der Waals surface area contributed by atoms with Gasteiger partial charge in [0.05, 0.1) is 0 Å².